The molecule has 3 heteroatoms. The summed E-state index contributed by atoms with van der Waals surface area (Å²) in [6, 6.07) is 11.6. The van der Waals surface area contributed by atoms with Crippen molar-refractivity contribution in [3.63, 3.8) is 0 Å². The molecule has 3 saturated carbocycles. The third-order valence-electron chi connectivity index (χ3n) is 13.2. The number of Topliss-reactive ketones (excluding diaryl/α,β-unsaturated/α-hetero) is 1. The van der Waals surface area contributed by atoms with E-state index < -0.39 is 0 Å². The number of carbonyl (C=O) groups is 1. The number of carbonyl (C=O) groups excluding carboxylic acids is 1. The summed E-state index contributed by atoms with van der Waals surface area (Å²) in [6.45, 7) is 12.3. The third-order valence-corrected chi connectivity index (χ3v) is 13.2. The van der Waals surface area contributed by atoms with Gasteiger partial charge in [0.1, 0.15) is 5.78 Å². The van der Waals surface area contributed by atoms with Gasteiger partial charge in [0.15, 0.2) is 0 Å². The van der Waals surface area contributed by atoms with Crippen LogP contribution in [0.2, 0.25) is 0 Å². The Hall–Kier alpha value is -1.45. The van der Waals surface area contributed by atoms with Crippen LogP contribution in [0.25, 0.3) is 0 Å². The van der Waals surface area contributed by atoms with Crippen LogP contribution < -0.4 is 0 Å². The lowest BCUT2D eigenvalue weighted by Crippen LogP contribution is -2.51. The van der Waals surface area contributed by atoms with Crippen LogP contribution in [-0.4, -0.2) is 35.0 Å². The summed E-state index contributed by atoms with van der Waals surface area (Å²) in [6.07, 6.45) is 13.2. The number of ether oxygens (including phenoxy) is 1. The molecule has 0 N–H and O–H groups in total. The van der Waals surface area contributed by atoms with E-state index in [9.17, 15) is 4.79 Å². The number of fused-ring (bicyclic) bond motifs is 6. The number of nitrogens with zero attached hydrogens (tertiary/aromatic N) is 1. The second-order valence-electron chi connectivity index (χ2n) is 15.2. The van der Waals surface area contributed by atoms with Gasteiger partial charge in [-0.3, -0.25) is 9.69 Å². The van der Waals surface area contributed by atoms with Gasteiger partial charge in [-0.05, 0) is 105 Å². The van der Waals surface area contributed by atoms with E-state index in [1.165, 1.54) is 50.6 Å². The standard InChI is InChI=1S/C36H51NO2/c1-23-18-33-34(37(21-23)22-26-8-6-5-7-9-26)25(3)36(39-33)17-15-29-30-13-11-27-10-12-28(38)14-16-35(27,4)32(30)19-31(29)24(2)20-36/h5-9,23,25,27,29-30,32-34H,10-22H2,1-4H3/t23-,25+,27?,29-,30?,32-,33?,34-,35-,36-/m0/s1. The van der Waals surface area contributed by atoms with Crippen molar-refractivity contribution in [3.05, 3.63) is 47.0 Å². The average molecular weight is 530 g/mol. The Morgan fingerprint density at radius 3 is 2.67 bits per heavy atom. The molecule has 7 rings (SSSR count). The Kier molecular flexibility index (Phi) is 6.67. The molecule has 1 aromatic carbocycles. The fourth-order valence-corrected chi connectivity index (χ4v) is 11.2. The predicted molar refractivity (Wildman–Crippen MR) is 157 cm³/mol. The molecule has 1 spiro atoms. The summed E-state index contributed by atoms with van der Waals surface area (Å²) in [5, 5.41) is 0. The maximum atomic E-state index is 12.4. The van der Waals surface area contributed by atoms with Crippen molar-refractivity contribution < 1.29 is 9.53 Å². The van der Waals surface area contributed by atoms with Crippen molar-refractivity contribution in [2.24, 2.45) is 40.9 Å². The summed E-state index contributed by atoms with van der Waals surface area (Å²) in [5.74, 6) is 4.90. The molecule has 0 bridgehead atoms. The van der Waals surface area contributed by atoms with Crippen LogP contribution in [0.3, 0.4) is 0 Å². The van der Waals surface area contributed by atoms with Crippen molar-refractivity contribution in [3.8, 4) is 0 Å². The lowest BCUT2D eigenvalue weighted by atomic mass is 9.55. The number of rotatable bonds is 2. The largest absolute Gasteiger partial charge is 0.369 e. The van der Waals surface area contributed by atoms with Crippen molar-refractivity contribution in [1.82, 2.24) is 4.90 Å². The third kappa shape index (κ3) is 4.32. The van der Waals surface area contributed by atoms with Crippen LogP contribution >= 0.6 is 0 Å². The highest BCUT2D eigenvalue weighted by Gasteiger charge is 2.59. The second kappa shape index (κ2) is 9.83. The molecule has 0 amide bonds. The van der Waals surface area contributed by atoms with E-state index in [0.29, 0.717) is 35.2 Å². The lowest BCUT2D eigenvalue weighted by molar-refractivity contribution is -0.119. The fraction of sp³-hybridized carbons (Fsp3) is 0.750. The van der Waals surface area contributed by atoms with Gasteiger partial charge in [0.05, 0.1) is 11.7 Å². The normalized spacial score (nSPS) is 46.3. The Morgan fingerprint density at radius 2 is 1.85 bits per heavy atom. The Balaban J connectivity index is 1.15. The van der Waals surface area contributed by atoms with Gasteiger partial charge in [0, 0.05) is 37.9 Å². The number of hydrogen-bond donors (Lipinski definition) is 0. The molecule has 2 aliphatic heterocycles. The zero-order valence-corrected chi connectivity index (χ0v) is 25.0. The molecule has 3 nitrogen and oxygen atoms in total. The predicted octanol–water partition coefficient (Wildman–Crippen LogP) is 7.98. The minimum absolute atomic E-state index is 0.00108. The van der Waals surface area contributed by atoms with Crippen molar-refractivity contribution in [1.29, 1.82) is 0 Å². The monoisotopic (exact) mass is 529 g/mol. The zero-order valence-electron chi connectivity index (χ0n) is 25.0. The average Bonchev–Trinajstić information content (AvgIpc) is 3.31. The first-order chi connectivity index (χ1) is 18.8. The summed E-state index contributed by atoms with van der Waals surface area (Å²) >= 11 is 0. The van der Waals surface area contributed by atoms with E-state index >= 15 is 0 Å². The maximum Gasteiger partial charge on any atom is 0.132 e. The van der Waals surface area contributed by atoms with E-state index in [2.05, 4.69) is 62.9 Å². The Labute approximate surface area is 237 Å². The number of allylic oxidation sites excluding steroid dienone is 1. The maximum absolute atomic E-state index is 12.4. The van der Waals surface area contributed by atoms with Crippen molar-refractivity contribution in [2.45, 2.75) is 123 Å². The summed E-state index contributed by atoms with van der Waals surface area (Å²) < 4.78 is 7.32. The topological polar surface area (TPSA) is 29.5 Å². The van der Waals surface area contributed by atoms with Crippen LogP contribution in [0.15, 0.2) is 41.5 Å². The summed E-state index contributed by atoms with van der Waals surface area (Å²) in [5.41, 5.74) is 5.29. The van der Waals surface area contributed by atoms with Crippen LogP contribution in [0, 0.1) is 40.9 Å². The molecule has 2 saturated heterocycles. The van der Waals surface area contributed by atoms with Gasteiger partial charge in [-0.2, -0.15) is 0 Å². The fourth-order valence-electron chi connectivity index (χ4n) is 11.2. The van der Waals surface area contributed by atoms with E-state index in [4.69, 9.17) is 4.74 Å². The van der Waals surface area contributed by atoms with Gasteiger partial charge in [-0.1, -0.05) is 62.2 Å². The molecule has 3 unspecified atom stereocenters. The Bertz CT molecular complexity index is 1130. The molecule has 4 aliphatic carbocycles. The smallest absolute Gasteiger partial charge is 0.132 e. The molecular weight excluding hydrogens is 478 g/mol. The zero-order chi connectivity index (χ0) is 26.9. The molecule has 0 radical (unpaired) electrons. The van der Waals surface area contributed by atoms with Crippen LogP contribution in [-0.2, 0) is 16.1 Å². The molecule has 5 fully saturated rings. The highest BCUT2D eigenvalue weighted by Crippen LogP contribution is 2.64. The second-order valence-corrected chi connectivity index (χ2v) is 15.2. The van der Waals surface area contributed by atoms with E-state index in [-0.39, 0.29) is 5.60 Å². The quantitative estimate of drug-likeness (QED) is 0.364. The number of ketones is 1. The van der Waals surface area contributed by atoms with Crippen LogP contribution in [0.1, 0.15) is 104 Å². The molecule has 0 aromatic heterocycles. The first-order valence-corrected chi connectivity index (χ1v) is 16.4. The first-order valence-electron chi connectivity index (χ1n) is 16.4. The number of hydrogen-bond acceptors (Lipinski definition) is 3. The van der Waals surface area contributed by atoms with E-state index in [1.807, 2.05) is 5.57 Å². The number of benzene rings is 1. The number of piperidine rings is 1. The van der Waals surface area contributed by atoms with E-state index in [0.717, 1.165) is 62.3 Å². The molecule has 212 valence electrons. The minimum Gasteiger partial charge on any atom is -0.369 e. The van der Waals surface area contributed by atoms with E-state index in [1.54, 1.807) is 5.57 Å². The number of likely N-dealkylation sites (tertiary alicyclic amines) is 1. The molecule has 2 heterocycles. The van der Waals surface area contributed by atoms with Gasteiger partial charge >= 0.3 is 0 Å². The molecular formula is C36H51NO2. The SMILES string of the molecule is CC1=C2C[C@H]3C(CCC4CCC(=O)CC[C@@]43C)[C@@H]2CC[C@@]2(C1)OC1C[C@H](C)CN(Cc3ccccc3)[C@H]1[C@H]2C. The van der Waals surface area contributed by atoms with Crippen molar-refractivity contribution >= 4 is 5.78 Å². The molecule has 39 heavy (non-hydrogen) atoms. The highest BCUT2D eigenvalue weighted by atomic mass is 16.5. The summed E-state index contributed by atoms with van der Waals surface area (Å²) in [4.78, 5) is 15.2. The molecule has 6 aliphatic rings. The molecule has 1 aromatic rings. The lowest BCUT2D eigenvalue weighted by Gasteiger charge is -2.49. The Morgan fingerprint density at radius 1 is 1.03 bits per heavy atom. The first kappa shape index (κ1) is 26.4. The van der Waals surface area contributed by atoms with Crippen LogP contribution in [0.4, 0.5) is 0 Å². The van der Waals surface area contributed by atoms with Gasteiger partial charge < -0.3 is 4.74 Å². The molecule has 10 atom stereocenters. The minimum atomic E-state index is 0.00108. The van der Waals surface area contributed by atoms with Gasteiger partial charge in [-0.25, -0.2) is 0 Å². The van der Waals surface area contributed by atoms with Crippen LogP contribution in [0.5, 0.6) is 0 Å². The van der Waals surface area contributed by atoms with Gasteiger partial charge in [-0.15, -0.1) is 0 Å². The van der Waals surface area contributed by atoms with Gasteiger partial charge in [0.2, 0.25) is 0 Å². The van der Waals surface area contributed by atoms with Gasteiger partial charge in [0.25, 0.3) is 0 Å². The highest BCUT2D eigenvalue weighted by molar-refractivity contribution is 5.78. The van der Waals surface area contributed by atoms with Crippen molar-refractivity contribution in [2.75, 3.05) is 6.54 Å². The summed E-state index contributed by atoms with van der Waals surface area (Å²) in [7, 11) is 0.